The summed E-state index contributed by atoms with van der Waals surface area (Å²) in [5.74, 6) is 0.304. The molecule has 12 rings (SSSR count). The van der Waals surface area contributed by atoms with Crippen LogP contribution >= 0.6 is 0 Å². The van der Waals surface area contributed by atoms with Gasteiger partial charge in [-0.2, -0.15) is 0 Å². The highest BCUT2D eigenvalue weighted by Gasteiger charge is 2.40. The summed E-state index contributed by atoms with van der Waals surface area (Å²) in [6, 6.07) is 70.0. The predicted molar refractivity (Wildman–Crippen MR) is 326 cm³/mol. The van der Waals surface area contributed by atoms with Crippen molar-refractivity contribution in [3.05, 3.63) is 274 Å². The lowest BCUT2D eigenvalue weighted by Crippen LogP contribution is -2.27. The van der Waals surface area contributed by atoms with Gasteiger partial charge >= 0.3 is 0 Å². The van der Waals surface area contributed by atoms with E-state index in [0.717, 1.165) is 34.1 Å². The number of para-hydroxylation sites is 2. The van der Waals surface area contributed by atoms with Crippen molar-refractivity contribution in [2.24, 2.45) is 11.3 Å². The van der Waals surface area contributed by atoms with Crippen molar-refractivity contribution >= 4 is 46.3 Å². The van der Waals surface area contributed by atoms with Gasteiger partial charge in [-0.25, -0.2) is 0 Å². The summed E-state index contributed by atoms with van der Waals surface area (Å²) in [6.07, 6.45) is 14.9. The Bertz CT molecular complexity index is 3830. The molecule has 3 aliphatic carbocycles. The third-order valence-corrected chi connectivity index (χ3v) is 16.3. The molecule has 0 heterocycles. The van der Waals surface area contributed by atoms with Gasteiger partial charge in [0.15, 0.2) is 0 Å². The molecule has 372 valence electrons. The van der Waals surface area contributed by atoms with E-state index >= 15 is 0 Å². The van der Waals surface area contributed by atoms with Gasteiger partial charge in [0.2, 0.25) is 0 Å². The first kappa shape index (κ1) is 48.5. The maximum atomic E-state index is 2.61. The highest BCUT2D eigenvalue weighted by molar-refractivity contribution is 6.01. The molecule has 0 radical (unpaired) electrons. The van der Waals surface area contributed by atoms with E-state index in [9.17, 15) is 0 Å². The molecular weight excluding hydrogens is 917 g/mol. The van der Waals surface area contributed by atoms with Crippen molar-refractivity contribution < 1.29 is 0 Å². The van der Waals surface area contributed by atoms with Crippen LogP contribution in [0.15, 0.2) is 224 Å². The summed E-state index contributed by atoms with van der Waals surface area (Å²) in [6.45, 7) is 20.6. The summed E-state index contributed by atoms with van der Waals surface area (Å²) in [5, 5.41) is 0. The Kier molecular flexibility index (Phi) is 12.3. The molecule has 2 atom stereocenters. The number of aryl methyl sites for hydroxylation is 6. The number of allylic oxidation sites excluding steroid dienone is 6. The van der Waals surface area contributed by atoms with Crippen LogP contribution in [0.4, 0.5) is 34.1 Å². The number of hydrogen-bond acceptors (Lipinski definition) is 2. The first-order valence-electron chi connectivity index (χ1n) is 27.1. The van der Waals surface area contributed by atoms with E-state index in [0.29, 0.717) is 0 Å². The standard InChI is InChI=1S/C74H66N2/c1-47-34-36-57(70-49(3)22-20-23-50(70)4)44-66(47)75(64-32-18-16-30-60(64)53-26-12-10-13-27-53)68-46-69(63-41-39-56-43-59(74(7,8)9)42-55-38-40-62(68)73(63)72(55)56)76(65-33-19-17-31-61(65)54-28-14-11-15-29-54)67-45-58(37-35-48(67)2)71-51(5)24-21-25-52(71)6/h10-46,55,72H,1-9H3. The van der Waals surface area contributed by atoms with Gasteiger partial charge in [0, 0.05) is 45.5 Å². The summed E-state index contributed by atoms with van der Waals surface area (Å²) >= 11 is 0. The molecule has 0 N–H and O–H groups in total. The molecule has 2 unspecified atom stereocenters. The van der Waals surface area contributed by atoms with Crippen LogP contribution in [0.25, 0.3) is 56.7 Å². The fraction of sp³-hybridized carbons (Fsp3) is 0.162. The lowest BCUT2D eigenvalue weighted by Gasteiger charge is -2.42. The Labute approximate surface area is 451 Å². The van der Waals surface area contributed by atoms with Crippen LogP contribution in [0.5, 0.6) is 0 Å². The second-order valence-electron chi connectivity index (χ2n) is 22.4. The van der Waals surface area contributed by atoms with Crippen LogP contribution in [0.1, 0.15) is 76.8 Å². The Morgan fingerprint density at radius 3 is 1.29 bits per heavy atom. The van der Waals surface area contributed by atoms with Crippen LogP contribution in [-0.4, -0.2) is 0 Å². The first-order valence-corrected chi connectivity index (χ1v) is 27.1. The molecule has 0 aliphatic heterocycles. The van der Waals surface area contributed by atoms with Crippen molar-refractivity contribution in [2.75, 3.05) is 9.80 Å². The summed E-state index contributed by atoms with van der Waals surface area (Å²) in [7, 11) is 0. The lowest BCUT2D eigenvalue weighted by atomic mass is 9.65. The highest BCUT2D eigenvalue weighted by atomic mass is 15.2. The fourth-order valence-corrected chi connectivity index (χ4v) is 12.5. The van der Waals surface area contributed by atoms with Gasteiger partial charge in [-0.05, 0) is 161 Å². The van der Waals surface area contributed by atoms with Crippen molar-refractivity contribution in [1.82, 2.24) is 0 Å². The SMILES string of the molecule is Cc1ccc(-c2c(C)cccc2C)cc1N(c1ccccc1-c1ccccc1)c1cc(N(c2cc(-c3c(C)cccc3C)ccc2C)c2ccccc2-c2ccccc2)c2c3c1C=CC1=CC(C(C)(C)C)=CC(C=C2)C13. The molecule has 9 aromatic rings. The number of anilines is 6. The first-order chi connectivity index (χ1) is 36.8. The van der Waals surface area contributed by atoms with Gasteiger partial charge in [0.25, 0.3) is 0 Å². The summed E-state index contributed by atoms with van der Waals surface area (Å²) in [5.41, 5.74) is 30.6. The van der Waals surface area contributed by atoms with Crippen molar-refractivity contribution in [1.29, 1.82) is 0 Å². The van der Waals surface area contributed by atoms with E-state index in [1.54, 1.807) is 0 Å². The third-order valence-electron chi connectivity index (χ3n) is 16.3. The number of nitrogens with zero attached hydrogens (tertiary/aromatic N) is 2. The monoisotopic (exact) mass is 983 g/mol. The largest absolute Gasteiger partial charge is 0.309 e. The van der Waals surface area contributed by atoms with E-state index in [1.807, 2.05) is 0 Å². The minimum atomic E-state index is -0.000874. The Hall–Kier alpha value is -8.46. The molecule has 9 aromatic carbocycles. The Morgan fingerprint density at radius 1 is 0.368 bits per heavy atom. The zero-order chi connectivity index (χ0) is 52.4. The molecule has 0 bridgehead atoms. The minimum Gasteiger partial charge on any atom is -0.309 e. The van der Waals surface area contributed by atoms with Crippen LogP contribution in [0.2, 0.25) is 0 Å². The fourth-order valence-electron chi connectivity index (χ4n) is 12.5. The number of benzene rings is 9. The summed E-state index contributed by atoms with van der Waals surface area (Å²) < 4.78 is 0. The average molecular weight is 983 g/mol. The molecule has 76 heavy (non-hydrogen) atoms. The second kappa shape index (κ2) is 19.3. The maximum absolute atomic E-state index is 2.61. The Balaban J connectivity index is 1.23. The molecule has 0 amide bonds. The van der Waals surface area contributed by atoms with Crippen molar-refractivity contribution in [3.8, 4) is 44.5 Å². The molecular formula is C74H66N2. The second-order valence-corrected chi connectivity index (χ2v) is 22.4. The van der Waals surface area contributed by atoms with Crippen LogP contribution < -0.4 is 9.80 Å². The van der Waals surface area contributed by atoms with E-state index in [1.165, 1.54) is 106 Å². The number of hydrogen-bond donors (Lipinski definition) is 0. The van der Waals surface area contributed by atoms with E-state index in [-0.39, 0.29) is 17.3 Å². The molecule has 0 fully saturated rings. The van der Waals surface area contributed by atoms with Crippen molar-refractivity contribution in [2.45, 2.75) is 68.2 Å². The Morgan fingerprint density at radius 2 is 0.816 bits per heavy atom. The van der Waals surface area contributed by atoms with Crippen LogP contribution in [0.3, 0.4) is 0 Å². The maximum Gasteiger partial charge on any atom is 0.0558 e. The molecule has 0 aromatic heterocycles. The van der Waals surface area contributed by atoms with E-state index in [2.05, 4.69) is 297 Å². The van der Waals surface area contributed by atoms with Gasteiger partial charge in [-0.3, -0.25) is 0 Å². The lowest BCUT2D eigenvalue weighted by molar-refractivity contribution is 0.499. The number of rotatable bonds is 10. The average Bonchev–Trinajstić information content (AvgIpc) is 3.61. The quantitative estimate of drug-likeness (QED) is 0.135. The van der Waals surface area contributed by atoms with Gasteiger partial charge in [0.1, 0.15) is 0 Å². The normalized spacial score (nSPS) is 15.2. The van der Waals surface area contributed by atoms with Crippen LogP contribution in [-0.2, 0) is 0 Å². The van der Waals surface area contributed by atoms with Gasteiger partial charge < -0.3 is 9.80 Å². The van der Waals surface area contributed by atoms with Crippen molar-refractivity contribution in [3.63, 3.8) is 0 Å². The molecule has 3 aliphatic rings. The summed E-state index contributed by atoms with van der Waals surface area (Å²) in [4.78, 5) is 5.22. The van der Waals surface area contributed by atoms with E-state index in [4.69, 9.17) is 0 Å². The highest BCUT2D eigenvalue weighted by Crippen LogP contribution is 2.58. The molecule has 0 spiro atoms. The van der Waals surface area contributed by atoms with Crippen LogP contribution in [0, 0.1) is 52.9 Å². The van der Waals surface area contributed by atoms with Gasteiger partial charge in [-0.15, -0.1) is 0 Å². The smallest absolute Gasteiger partial charge is 0.0558 e. The molecule has 0 saturated heterocycles. The predicted octanol–water partition coefficient (Wildman–Crippen LogP) is 20.8. The topological polar surface area (TPSA) is 6.48 Å². The molecule has 2 nitrogen and oxygen atoms in total. The molecule has 2 heteroatoms. The van der Waals surface area contributed by atoms with Gasteiger partial charge in [-0.1, -0.05) is 215 Å². The third kappa shape index (κ3) is 8.47. The zero-order valence-corrected chi connectivity index (χ0v) is 45.4. The van der Waals surface area contributed by atoms with E-state index < -0.39 is 0 Å². The molecule has 0 saturated carbocycles. The zero-order valence-electron chi connectivity index (χ0n) is 45.4. The van der Waals surface area contributed by atoms with Gasteiger partial charge in [0.05, 0.1) is 22.7 Å². The minimum absolute atomic E-state index is 0.000874.